The van der Waals surface area contributed by atoms with Crippen molar-refractivity contribution in [2.45, 2.75) is 0 Å². The summed E-state index contributed by atoms with van der Waals surface area (Å²) >= 11 is 1.07. The summed E-state index contributed by atoms with van der Waals surface area (Å²) in [5, 5.41) is 9.61. The first-order valence-electron chi connectivity index (χ1n) is 4.25. The van der Waals surface area contributed by atoms with Crippen molar-refractivity contribution in [3.63, 3.8) is 0 Å². The van der Waals surface area contributed by atoms with Crippen molar-refractivity contribution in [3.8, 4) is 21.8 Å². The lowest BCUT2D eigenvalue weighted by molar-refractivity contribution is 0.378. The van der Waals surface area contributed by atoms with Gasteiger partial charge < -0.3 is 14.6 Å². The highest BCUT2D eigenvalue weighted by Crippen LogP contribution is 2.34. The lowest BCUT2D eigenvalue weighted by Crippen LogP contribution is -1.88. The molecule has 0 atom stereocenters. The average Bonchev–Trinajstić information content (AvgIpc) is 2.65. The van der Waals surface area contributed by atoms with Gasteiger partial charge in [-0.15, -0.1) is 0 Å². The minimum Gasteiger partial charge on any atom is -0.498 e. The Labute approximate surface area is 90.7 Å². The molecule has 78 valence electrons. The second-order valence-corrected chi connectivity index (χ2v) is 3.69. The predicted molar refractivity (Wildman–Crippen MR) is 56.8 cm³/mol. The number of hydrogen-bond donors (Lipinski definition) is 1. The van der Waals surface area contributed by atoms with E-state index in [1.807, 2.05) is 12.1 Å². The zero-order valence-corrected chi connectivity index (χ0v) is 8.82. The SMILES string of the molecule is COc1ccccc1Oc1ncc(O)s1. The van der Waals surface area contributed by atoms with Crippen LogP contribution in [0.3, 0.4) is 0 Å². The maximum Gasteiger partial charge on any atom is 0.282 e. The highest BCUT2D eigenvalue weighted by Gasteiger charge is 2.07. The number of ether oxygens (including phenoxy) is 2. The lowest BCUT2D eigenvalue weighted by Gasteiger charge is -2.06. The standard InChI is InChI=1S/C10H9NO3S/c1-13-7-4-2-3-5-8(7)14-10-11-6-9(12)15-10/h2-6,12H,1H3. The maximum absolute atomic E-state index is 9.10. The largest absolute Gasteiger partial charge is 0.498 e. The van der Waals surface area contributed by atoms with Gasteiger partial charge in [-0.05, 0) is 23.5 Å². The first-order valence-corrected chi connectivity index (χ1v) is 5.07. The Hall–Kier alpha value is -1.75. The summed E-state index contributed by atoms with van der Waals surface area (Å²) in [6.45, 7) is 0. The van der Waals surface area contributed by atoms with Crippen LogP contribution in [0.2, 0.25) is 0 Å². The number of methoxy groups -OCH3 is 1. The molecular formula is C10H9NO3S. The first kappa shape index (κ1) is 9.79. The predicted octanol–water partition coefficient (Wildman–Crippen LogP) is 2.65. The van der Waals surface area contributed by atoms with E-state index in [-0.39, 0.29) is 5.06 Å². The highest BCUT2D eigenvalue weighted by atomic mass is 32.1. The highest BCUT2D eigenvalue weighted by molar-refractivity contribution is 7.15. The van der Waals surface area contributed by atoms with E-state index in [1.54, 1.807) is 19.2 Å². The molecule has 1 N–H and O–H groups in total. The van der Waals surface area contributed by atoms with E-state index in [0.717, 1.165) is 11.3 Å². The minimum atomic E-state index is 0.125. The van der Waals surface area contributed by atoms with Crippen molar-refractivity contribution in [1.82, 2.24) is 4.98 Å². The molecule has 1 aromatic heterocycles. The second kappa shape index (κ2) is 4.18. The number of benzene rings is 1. The number of para-hydroxylation sites is 2. The third-order valence-corrected chi connectivity index (χ3v) is 2.42. The van der Waals surface area contributed by atoms with Crippen molar-refractivity contribution >= 4 is 11.3 Å². The molecule has 0 unspecified atom stereocenters. The van der Waals surface area contributed by atoms with Gasteiger partial charge in [-0.3, -0.25) is 0 Å². The molecule has 0 saturated heterocycles. The van der Waals surface area contributed by atoms with Crippen LogP contribution in [0, 0.1) is 0 Å². The molecule has 0 aliphatic heterocycles. The molecule has 0 fully saturated rings. The fourth-order valence-corrected chi connectivity index (χ4v) is 1.62. The van der Waals surface area contributed by atoms with E-state index in [1.165, 1.54) is 6.20 Å². The van der Waals surface area contributed by atoms with Crippen molar-refractivity contribution in [1.29, 1.82) is 0 Å². The van der Waals surface area contributed by atoms with Gasteiger partial charge in [-0.1, -0.05) is 12.1 Å². The summed E-state index contributed by atoms with van der Waals surface area (Å²) in [4.78, 5) is 3.88. The molecule has 0 amide bonds. The number of hydrogen-bond acceptors (Lipinski definition) is 5. The number of aromatic nitrogens is 1. The Morgan fingerprint density at radius 3 is 2.60 bits per heavy atom. The van der Waals surface area contributed by atoms with Crippen LogP contribution in [0.25, 0.3) is 0 Å². The van der Waals surface area contributed by atoms with Crippen molar-refractivity contribution in [3.05, 3.63) is 30.5 Å². The molecule has 15 heavy (non-hydrogen) atoms. The van der Waals surface area contributed by atoms with E-state index in [9.17, 15) is 0 Å². The van der Waals surface area contributed by atoms with Gasteiger partial charge >= 0.3 is 0 Å². The van der Waals surface area contributed by atoms with Gasteiger partial charge in [0.1, 0.15) is 0 Å². The van der Waals surface area contributed by atoms with Crippen LogP contribution in [0.4, 0.5) is 0 Å². The van der Waals surface area contributed by atoms with Crippen LogP contribution in [-0.2, 0) is 0 Å². The monoisotopic (exact) mass is 223 g/mol. The second-order valence-electron chi connectivity index (χ2n) is 2.72. The van der Waals surface area contributed by atoms with Gasteiger partial charge in [-0.2, -0.15) is 0 Å². The molecule has 0 saturated carbocycles. The number of aromatic hydroxyl groups is 1. The molecule has 0 radical (unpaired) electrons. The maximum atomic E-state index is 9.10. The van der Waals surface area contributed by atoms with E-state index in [0.29, 0.717) is 16.7 Å². The molecule has 2 rings (SSSR count). The quantitative estimate of drug-likeness (QED) is 0.869. The average molecular weight is 223 g/mol. The molecule has 2 aromatic rings. The summed E-state index contributed by atoms with van der Waals surface area (Å²) in [6.07, 6.45) is 1.34. The summed E-state index contributed by atoms with van der Waals surface area (Å²) in [6, 6.07) is 7.26. The zero-order chi connectivity index (χ0) is 10.7. The summed E-state index contributed by atoms with van der Waals surface area (Å²) < 4.78 is 10.6. The van der Waals surface area contributed by atoms with Gasteiger partial charge in [0.05, 0.1) is 13.3 Å². The number of thiazole rings is 1. The zero-order valence-electron chi connectivity index (χ0n) is 8.01. The summed E-state index contributed by atoms with van der Waals surface area (Å²) in [7, 11) is 1.57. The van der Waals surface area contributed by atoms with E-state index >= 15 is 0 Å². The van der Waals surface area contributed by atoms with Crippen LogP contribution in [0.5, 0.6) is 21.8 Å². The van der Waals surface area contributed by atoms with Gasteiger partial charge in [0, 0.05) is 0 Å². The van der Waals surface area contributed by atoms with Crippen LogP contribution < -0.4 is 9.47 Å². The van der Waals surface area contributed by atoms with Crippen molar-refractivity contribution in [2.75, 3.05) is 7.11 Å². The van der Waals surface area contributed by atoms with Crippen LogP contribution in [-0.4, -0.2) is 17.2 Å². The van der Waals surface area contributed by atoms with Gasteiger partial charge in [-0.25, -0.2) is 4.98 Å². The smallest absolute Gasteiger partial charge is 0.282 e. The molecule has 5 heteroatoms. The minimum absolute atomic E-state index is 0.125. The van der Waals surface area contributed by atoms with Crippen LogP contribution in [0.15, 0.2) is 30.5 Å². The Kier molecular flexibility index (Phi) is 2.73. The van der Waals surface area contributed by atoms with E-state index < -0.39 is 0 Å². The first-order chi connectivity index (χ1) is 7.29. The number of rotatable bonds is 3. The van der Waals surface area contributed by atoms with Crippen molar-refractivity contribution in [2.24, 2.45) is 0 Å². The third kappa shape index (κ3) is 2.19. The van der Waals surface area contributed by atoms with Crippen LogP contribution in [0.1, 0.15) is 0 Å². The van der Waals surface area contributed by atoms with Crippen LogP contribution >= 0.6 is 11.3 Å². The Balaban J connectivity index is 2.23. The Bertz CT molecular complexity index is 455. The molecule has 1 heterocycles. The molecule has 4 nitrogen and oxygen atoms in total. The summed E-state index contributed by atoms with van der Waals surface area (Å²) in [5.41, 5.74) is 0. The molecule has 0 aliphatic rings. The summed E-state index contributed by atoms with van der Waals surface area (Å²) in [5.74, 6) is 1.21. The Morgan fingerprint density at radius 2 is 2.00 bits per heavy atom. The van der Waals surface area contributed by atoms with E-state index in [4.69, 9.17) is 14.6 Å². The third-order valence-electron chi connectivity index (χ3n) is 1.74. The molecule has 0 spiro atoms. The van der Waals surface area contributed by atoms with E-state index in [2.05, 4.69) is 4.98 Å². The van der Waals surface area contributed by atoms with Crippen molar-refractivity contribution < 1.29 is 14.6 Å². The Morgan fingerprint density at radius 1 is 1.27 bits per heavy atom. The molecule has 0 aliphatic carbocycles. The fraction of sp³-hybridized carbons (Fsp3) is 0.100. The molecule has 1 aromatic carbocycles. The van der Waals surface area contributed by atoms with Gasteiger partial charge in [0.15, 0.2) is 16.6 Å². The van der Waals surface area contributed by atoms with Gasteiger partial charge in [0.2, 0.25) is 0 Å². The molecule has 0 bridgehead atoms. The normalized spacial score (nSPS) is 9.93. The number of nitrogens with zero attached hydrogens (tertiary/aromatic N) is 1. The topological polar surface area (TPSA) is 51.6 Å². The molecular weight excluding hydrogens is 214 g/mol. The fourth-order valence-electron chi connectivity index (χ4n) is 1.09. The van der Waals surface area contributed by atoms with Gasteiger partial charge in [0.25, 0.3) is 5.19 Å². The lowest BCUT2D eigenvalue weighted by atomic mass is 10.3.